The summed E-state index contributed by atoms with van der Waals surface area (Å²) in [5.41, 5.74) is 0.650. The molecule has 1 saturated heterocycles. The van der Waals surface area contributed by atoms with Gasteiger partial charge in [0.15, 0.2) is 0 Å². The number of hydrogen-bond donors (Lipinski definition) is 1. The fraction of sp³-hybridized carbons (Fsp3) is 0.600. The highest BCUT2D eigenvalue weighted by Crippen LogP contribution is 2.24. The molecule has 6 nitrogen and oxygen atoms in total. The zero-order valence-electron chi connectivity index (χ0n) is 16.2. The van der Waals surface area contributed by atoms with Crippen LogP contribution in [0.3, 0.4) is 0 Å². The zero-order chi connectivity index (χ0) is 19.3. The van der Waals surface area contributed by atoms with Crippen LogP contribution in [0.4, 0.5) is 10.5 Å². The van der Waals surface area contributed by atoms with E-state index in [2.05, 4.69) is 11.8 Å². The summed E-state index contributed by atoms with van der Waals surface area (Å²) >= 11 is 0. The summed E-state index contributed by atoms with van der Waals surface area (Å²) in [6.45, 7) is 9.67. The van der Waals surface area contributed by atoms with Crippen LogP contribution in [0.1, 0.15) is 57.3 Å². The third-order valence-corrected chi connectivity index (χ3v) is 4.46. The van der Waals surface area contributed by atoms with Crippen molar-refractivity contribution in [1.82, 2.24) is 4.90 Å². The number of anilines is 1. The number of carboxylic acid groups (broad SMARTS) is 1. The lowest BCUT2D eigenvalue weighted by Crippen LogP contribution is -2.56. The van der Waals surface area contributed by atoms with Gasteiger partial charge < -0.3 is 19.6 Å². The summed E-state index contributed by atoms with van der Waals surface area (Å²) < 4.78 is 5.57. The molecule has 1 aliphatic rings. The molecule has 0 unspecified atom stereocenters. The lowest BCUT2D eigenvalue weighted by atomic mass is 10.0. The number of rotatable bonds is 5. The summed E-state index contributed by atoms with van der Waals surface area (Å²) in [5.74, 6) is -0.929. The number of carboxylic acids is 1. The SMILES string of the molecule is CCCC[C@H]1CN(c2cccc(C(=O)O)c2)CCN1C(=O)OC(C)(C)C. The Hall–Kier alpha value is -2.24. The molecule has 0 spiro atoms. The van der Waals surface area contributed by atoms with Crippen LogP contribution in [0.5, 0.6) is 0 Å². The number of unbranched alkanes of at least 4 members (excludes halogenated alkanes) is 1. The first-order chi connectivity index (χ1) is 12.2. The Morgan fingerprint density at radius 1 is 1.27 bits per heavy atom. The second-order valence-corrected chi connectivity index (χ2v) is 7.77. The molecule has 2 rings (SSSR count). The largest absolute Gasteiger partial charge is 0.478 e. The van der Waals surface area contributed by atoms with E-state index in [0.29, 0.717) is 19.6 Å². The molecule has 6 heteroatoms. The zero-order valence-corrected chi connectivity index (χ0v) is 16.2. The summed E-state index contributed by atoms with van der Waals surface area (Å²) in [7, 11) is 0. The Labute approximate surface area is 155 Å². The van der Waals surface area contributed by atoms with Crippen LogP contribution in [0.2, 0.25) is 0 Å². The van der Waals surface area contributed by atoms with Crippen molar-refractivity contribution in [1.29, 1.82) is 0 Å². The van der Waals surface area contributed by atoms with E-state index in [1.54, 1.807) is 18.2 Å². The van der Waals surface area contributed by atoms with Gasteiger partial charge >= 0.3 is 12.1 Å². The fourth-order valence-electron chi connectivity index (χ4n) is 3.17. The van der Waals surface area contributed by atoms with E-state index in [4.69, 9.17) is 4.74 Å². The maximum Gasteiger partial charge on any atom is 0.410 e. The van der Waals surface area contributed by atoms with Gasteiger partial charge in [-0.25, -0.2) is 9.59 Å². The molecule has 1 heterocycles. The van der Waals surface area contributed by atoms with E-state index in [9.17, 15) is 14.7 Å². The van der Waals surface area contributed by atoms with Gasteiger partial charge in [-0.3, -0.25) is 0 Å². The lowest BCUT2D eigenvalue weighted by molar-refractivity contribution is 0.0129. The first kappa shape index (κ1) is 20.1. The summed E-state index contributed by atoms with van der Waals surface area (Å²) in [5, 5.41) is 9.21. The molecule has 1 amide bonds. The highest BCUT2D eigenvalue weighted by atomic mass is 16.6. The second-order valence-electron chi connectivity index (χ2n) is 7.77. The Morgan fingerprint density at radius 2 is 2.00 bits per heavy atom. The molecular formula is C20H30N2O4. The average Bonchev–Trinajstić information content (AvgIpc) is 2.58. The average molecular weight is 362 g/mol. The van der Waals surface area contributed by atoms with Crippen LogP contribution < -0.4 is 4.90 Å². The van der Waals surface area contributed by atoms with E-state index in [-0.39, 0.29) is 17.7 Å². The number of benzene rings is 1. The molecule has 1 aliphatic heterocycles. The van der Waals surface area contributed by atoms with E-state index in [0.717, 1.165) is 24.9 Å². The molecule has 1 atom stereocenters. The summed E-state index contributed by atoms with van der Waals surface area (Å²) in [6, 6.07) is 7.04. The monoisotopic (exact) mass is 362 g/mol. The molecule has 0 radical (unpaired) electrons. The van der Waals surface area contributed by atoms with Gasteiger partial charge in [0, 0.05) is 25.3 Å². The predicted molar refractivity (Wildman–Crippen MR) is 102 cm³/mol. The molecule has 1 N–H and O–H groups in total. The van der Waals surface area contributed by atoms with Crippen molar-refractivity contribution in [2.45, 2.75) is 58.6 Å². The highest BCUT2D eigenvalue weighted by Gasteiger charge is 2.33. The van der Waals surface area contributed by atoms with Gasteiger partial charge in [-0.2, -0.15) is 0 Å². The molecule has 26 heavy (non-hydrogen) atoms. The number of nitrogens with zero attached hydrogens (tertiary/aromatic N) is 2. The summed E-state index contributed by atoms with van der Waals surface area (Å²) in [4.78, 5) is 27.8. The standard InChI is InChI=1S/C20H30N2O4/c1-5-6-9-17-14-21(16-10-7-8-15(13-16)18(23)24)11-12-22(17)19(25)26-20(2,3)4/h7-8,10,13,17H,5-6,9,11-12,14H2,1-4H3,(H,23,24)/t17-/m0/s1. The Kier molecular flexibility index (Phi) is 6.51. The lowest BCUT2D eigenvalue weighted by Gasteiger charge is -2.42. The molecule has 1 aromatic rings. The van der Waals surface area contributed by atoms with Gasteiger partial charge in [0.1, 0.15) is 5.60 Å². The van der Waals surface area contributed by atoms with Crippen LogP contribution >= 0.6 is 0 Å². The minimum atomic E-state index is -0.929. The Morgan fingerprint density at radius 3 is 2.62 bits per heavy atom. The first-order valence-corrected chi connectivity index (χ1v) is 9.29. The van der Waals surface area contributed by atoms with Crippen molar-refractivity contribution >= 4 is 17.7 Å². The molecule has 0 saturated carbocycles. The number of aromatic carboxylic acids is 1. The van der Waals surface area contributed by atoms with E-state index in [1.807, 2.05) is 31.7 Å². The number of carbonyl (C=O) groups is 2. The van der Waals surface area contributed by atoms with Crippen LogP contribution in [-0.2, 0) is 4.74 Å². The van der Waals surface area contributed by atoms with Gasteiger partial charge in [0.2, 0.25) is 0 Å². The fourth-order valence-corrected chi connectivity index (χ4v) is 3.17. The van der Waals surface area contributed by atoms with Crippen molar-refractivity contribution < 1.29 is 19.4 Å². The molecular weight excluding hydrogens is 332 g/mol. The van der Waals surface area contributed by atoms with Gasteiger partial charge in [-0.15, -0.1) is 0 Å². The smallest absolute Gasteiger partial charge is 0.410 e. The molecule has 144 valence electrons. The normalized spacial score (nSPS) is 17.9. The Balaban J connectivity index is 2.15. The molecule has 0 bridgehead atoms. The van der Waals surface area contributed by atoms with Crippen molar-refractivity contribution in [2.75, 3.05) is 24.5 Å². The van der Waals surface area contributed by atoms with Crippen molar-refractivity contribution in [2.24, 2.45) is 0 Å². The van der Waals surface area contributed by atoms with Crippen LogP contribution in [0.15, 0.2) is 24.3 Å². The highest BCUT2D eigenvalue weighted by molar-refractivity contribution is 5.88. The first-order valence-electron chi connectivity index (χ1n) is 9.29. The minimum Gasteiger partial charge on any atom is -0.478 e. The molecule has 1 fully saturated rings. The summed E-state index contributed by atoms with van der Waals surface area (Å²) in [6.07, 6.45) is 2.74. The second kappa shape index (κ2) is 8.43. The van der Waals surface area contributed by atoms with Crippen molar-refractivity contribution in [3.63, 3.8) is 0 Å². The third-order valence-electron chi connectivity index (χ3n) is 4.46. The molecule has 0 aromatic heterocycles. The van der Waals surface area contributed by atoms with Gasteiger partial charge in [0.25, 0.3) is 0 Å². The van der Waals surface area contributed by atoms with E-state index in [1.165, 1.54) is 0 Å². The number of carbonyl (C=O) groups excluding carboxylic acids is 1. The molecule has 1 aromatic carbocycles. The quantitative estimate of drug-likeness (QED) is 0.857. The van der Waals surface area contributed by atoms with Crippen LogP contribution in [0, 0.1) is 0 Å². The van der Waals surface area contributed by atoms with Crippen LogP contribution in [-0.4, -0.2) is 53.3 Å². The number of hydrogen-bond acceptors (Lipinski definition) is 4. The topological polar surface area (TPSA) is 70.1 Å². The predicted octanol–water partition coefficient (Wildman–Crippen LogP) is 4.00. The number of amides is 1. The Bertz CT molecular complexity index is 639. The maximum atomic E-state index is 12.6. The van der Waals surface area contributed by atoms with Crippen LogP contribution in [0.25, 0.3) is 0 Å². The van der Waals surface area contributed by atoms with Crippen molar-refractivity contribution in [3.8, 4) is 0 Å². The van der Waals surface area contributed by atoms with Gasteiger partial charge in [0.05, 0.1) is 11.6 Å². The van der Waals surface area contributed by atoms with Gasteiger partial charge in [-0.1, -0.05) is 25.8 Å². The molecule has 0 aliphatic carbocycles. The van der Waals surface area contributed by atoms with E-state index < -0.39 is 11.6 Å². The number of ether oxygens (including phenoxy) is 1. The van der Waals surface area contributed by atoms with Crippen molar-refractivity contribution in [3.05, 3.63) is 29.8 Å². The van der Waals surface area contributed by atoms with Gasteiger partial charge in [-0.05, 0) is 45.4 Å². The third kappa shape index (κ3) is 5.38. The van der Waals surface area contributed by atoms with E-state index >= 15 is 0 Å². The minimum absolute atomic E-state index is 0.0621. The maximum absolute atomic E-state index is 12.6. The number of piperazine rings is 1.